The predicted molar refractivity (Wildman–Crippen MR) is 116 cm³/mol. The third-order valence-electron chi connectivity index (χ3n) is 5.73. The SMILES string of the molecule is CCSNc1ccc(N2CC3CC2CO3)c(-c2cn(C)c(=O)c3[nH]ccc23)c1. The minimum Gasteiger partial charge on any atom is -0.374 e. The normalized spacial score (nSPS) is 21.0. The molecule has 28 heavy (non-hydrogen) atoms. The molecule has 6 nitrogen and oxygen atoms in total. The molecule has 2 aliphatic rings. The zero-order chi connectivity index (χ0) is 19.3. The first-order valence-corrected chi connectivity index (χ1v) is 10.7. The lowest BCUT2D eigenvalue weighted by molar-refractivity contribution is 0.0992. The molecule has 3 aromatic rings. The Hall–Kier alpha value is -2.38. The second-order valence-corrected chi connectivity index (χ2v) is 8.56. The topological polar surface area (TPSA) is 62.3 Å². The van der Waals surface area contributed by atoms with E-state index in [-0.39, 0.29) is 5.56 Å². The van der Waals surface area contributed by atoms with Crippen LogP contribution >= 0.6 is 11.9 Å². The highest BCUT2D eigenvalue weighted by Crippen LogP contribution is 2.41. The Morgan fingerprint density at radius 2 is 2.21 bits per heavy atom. The highest BCUT2D eigenvalue weighted by Gasteiger charge is 2.39. The molecule has 2 N–H and O–H groups in total. The summed E-state index contributed by atoms with van der Waals surface area (Å²) < 4.78 is 10.9. The fourth-order valence-corrected chi connectivity index (χ4v) is 4.84. The lowest BCUT2D eigenvalue weighted by Crippen LogP contribution is -2.37. The molecular formula is C21H24N4O2S. The van der Waals surface area contributed by atoms with E-state index in [2.05, 4.69) is 39.7 Å². The number of anilines is 2. The molecule has 0 saturated carbocycles. The highest BCUT2D eigenvalue weighted by atomic mass is 32.2. The summed E-state index contributed by atoms with van der Waals surface area (Å²) in [6, 6.07) is 8.98. The fraction of sp³-hybridized carbons (Fsp3) is 0.381. The largest absolute Gasteiger partial charge is 0.374 e. The van der Waals surface area contributed by atoms with Crippen molar-refractivity contribution < 1.29 is 4.74 Å². The summed E-state index contributed by atoms with van der Waals surface area (Å²) in [6.07, 6.45) is 5.23. The van der Waals surface area contributed by atoms with Crippen LogP contribution in [0.3, 0.4) is 0 Å². The van der Waals surface area contributed by atoms with Gasteiger partial charge in [-0.2, -0.15) is 0 Å². The second kappa shape index (κ2) is 6.90. The number of hydrogen-bond donors (Lipinski definition) is 2. The summed E-state index contributed by atoms with van der Waals surface area (Å²) in [7, 11) is 1.81. The summed E-state index contributed by atoms with van der Waals surface area (Å²) in [4.78, 5) is 18.1. The third kappa shape index (κ3) is 2.81. The van der Waals surface area contributed by atoms with E-state index >= 15 is 0 Å². The van der Waals surface area contributed by atoms with Crippen molar-refractivity contribution in [1.29, 1.82) is 0 Å². The van der Waals surface area contributed by atoms with Crippen LogP contribution in [0, 0.1) is 0 Å². The molecule has 2 unspecified atom stereocenters. The van der Waals surface area contributed by atoms with Crippen LogP contribution in [0.2, 0.25) is 0 Å². The van der Waals surface area contributed by atoms with Crippen molar-refractivity contribution in [2.45, 2.75) is 25.5 Å². The maximum atomic E-state index is 12.5. The van der Waals surface area contributed by atoms with Crippen molar-refractivity contribution in [3.05, 3.63) is 47.0 Å². The number of aromatic amines is 1. The van der Waals surface area contributed by atoms with Gasteiger partial charge in [0, 0.05) is 59.6 Å². The first-order chi connectivity index (χ1) is 13.7. The average molecular weight is 397 g/mol. The van der Waals surface area contributed by atoms with E-state index in [1.165, 1.54) is 5.69 Å². The van der Waals surface area contributed by atoms with Gasteiger partial charge in [0.1, 0.15) is 5.52 Å². The molecule has 0 aliphatic carbocycles. The van der Waals surface area contributed by atoms with Gasteiger partial charge in [-0.15, -0.1) is 0 Å². The van der Waals surface area contributed by atoms with Crippen molar-refractivity contribution in [2.75, 3.05) is 28.5 Å². The maximum Gasteiger partial charge on any atom is 0.274 e. The quantitative estimate of drug-likeness (QED) is 0.646. The van der Waals surface area contributed by atoms with E-state index < -0.39 is 0 Å². The third-order valence-corrected chi connectivity index (χ3v) is 6.39. The molecule has 2 atom stereocenters. The van der Waals surface area contributed by atoms with Gasteiger partial charge < -0.3 is 23.9 Å². The zero-order valence-corrected chi connectivity index (χ0v) is 16.9. The number of aromatic nitrogens is 2. The Labute approximate surface area is 168 Å². The molecule has 0 radical (unpaired) electrons. The molecule has 0 amide bonds. The lowest BCUT2D eigenvalue weighted by Gasteiger charge is -2.31. The minimum atomic E-state index is -0.00486. The van der Waals surface area contributed by atoms with Gasteiger partial charge in [0.05, 0.1) is 18.8 Å². The van der Waals surface area contributed by atoms with E-state index in [1.54, 1.807) is 16.5 Å². The van der Waals surface area contributed by atoms with Crippen LogP contribution in [0.4, 0.5) is 11.4 Å². The van der Waals surface area contributed by atoms with Gasteiger partial charge >= 0.3 is 0 Å². The molecule has 4 heterocycles. The maximum absolute atomic E-state index is 12.5. The van der Waals surface area contributed by atoms with Gasteiger partial charge in [-0.3, -0.25) is 4.79 Å². The minimum absolute atomic E-state index is 0.00486. The molecule has 2 saturated heterocycles. The Morgan fingerprint density at radius 1 is 1.32 bits per heavy atom. The number of hydrogen-bond acceptors (Lipinski definition) is 5. The Bertz CT molecular complexity index is 1090. The molecule has 2 aromatic heterocycles. The Kier molecular flexibility index (Phi) is 4.36. The summed E-state index contributed by atoms with van der Waals surface area (Å²) in [5.41, 5.74) is 5.15. The number of fused-ring (bicyclic) bond motifs is 3. The fourth-order valence-electron chi connectivity index (χ4n) is 4.40. The summed E-state index contributed by atoms with van der Waals surface area (Å²) in [5, 5.41) is 0.963. The van der Waals surface area contributed by atoms with Crippen LogP contribution in [0.15, 0.2) is 41.5 Å². The van der Waals surface area contributed by atoms with E-state index in [9.17, 15) is 4.79 Å². The summed E-state index contributed by atoms with van der Waals surface area (Å²) >= 11 is 1.68. The van der Waals surface area contributed by atoms with Gasteiger partial charge in [0.2, 0.25) is 0 Å². The van der Waals surface area contributed by atoms with Crippen LogP contribution < -0.4 is 15.2 Å². The van der Waals surface area contributed by atoms with Crippen molar-refractivity contribution in [3.63, 3.8) is 0 Å². The number of nitrogens with zero attached hydrogens (tertiary/aromatic N) is 2. The van der Waals surface area contributed by atoms with Gasteiger partial charge in [0.15, 0.2) is 0 Å². The number of rotatable bonds is 5. The van der Waals surface area contributed by atoms with Crippen LogP contribution in [0.25, 0.3) is 22.0 Å². The Balaban J connectivity index is 1.69. The van der Waals surface area contributed by atoms with Gasteiger partial charge in [-0.1, -0.05) is 18.9 Å². The number of H-pyrrole nitrogens is 1. The molecule has 146 valence electrons. The second-order valence-electron chi connectivity index (χ2n) is 7.49. The van der Waals surface area contributed by atoms with E-state index in [0.29, 0.717) is 17.7 Å². The molecule has 0 spiro atoms. The lowest BCUT2D eigenvalue weighted by atomic mass is 10.00. The van der Waals surface area contributed by atoms with Crippen molar-refractivity contribution in [2.24, 2.45) is 7.05 Å². The van der Waals surface area contributed by atoms with Gasteiger partial charge in [-0.25, -0.2) is 0 Å². The first kappa shape index (κ1) is 17.7. The van der Waals surface area contributed by atoms with E-state index in [0.717, 1.165) is 47.5 Å². The van der Waals surface area contributed by atoms with Crippen molar-refractivity contribution >= 4 is 34.2 Å². The summed E-state index contributed by atoms with van der Waals surface area (Å²) in [5.74, 6) is 0.992. The zero-order valence-electron chi connectivity index (χ0n) is 16.1. The Morgan fingerprint density at radius 3 is 2.96 bits per heavy atom. The first-order valence-electron chi connectivity index (χ1n) is 9.73. The van der Waals surface area contributed by atoms with Crippen molar-refractivity contribution in [1.82, 2.24) is 9.55 Å². The van der Waals surface area contributed by atoms with Gasteiger partial charge in [-0.05, 0) is 30.7 Å². The number of nitrogens with one attached hydrogen (secondary N) is 2. The molecule has 2 bridgehead atoms. The van der Waals surface area contributed by atoms with Crippen LogP contribution in [0.5, 0.6) is 0 Å². The number of pyridine rings is 1. The number of ether oxygens (including phenoxy) is 1. The standard InChI is InChI=1S/C21H24N4O2S/c1-3-28-23-13-4-5-19(25-10-15-9-14(25)12-27-15)17(8-13)18-11-24(2)21(26)20-16(18)6-7-22-20/h4-8,11,14-15,22-23H,3,9-10,12H2,1-2H3. The van der Waals surface area contributed by atoms with Crippen molar-refractivity contribution in [3.8, 4) is 11.1 Å². The van der Waals surface area contributed by atoms with Crippen LogP contribution in [-0.4, -0.2) is 40.6 Å². The summed E-state index contributed by atoms with van der Waals surface area (Å²) in [6.45, 7) is 3.85. The molecule has 7 heteroatoms. The molecule has 2 fully saturated rings. The van der Waals surface area contributed by atoms with Crippen LogP contribution in [-0.2, 0) is 11.8 Å². The molecule has 2 aliphatic heterocycles. The van der Waals surface area contributed by atoms with E-state index in [4.69, 9.17) is 4.74 Å². The molecule has 1 aromatic carbocycles. The van der Waals surface area contributed by atoms with E-state index in [1.807, 2.05) is 25.5 Å². The number of morpholine rings is 1. The monoisotopic (exact) mass is 396 g/mol. The van der Waals surface area contributed by atoms with Crippen LogP contribution in [0.1, 0.15) is 13.3 Å². The smallest absolute Gasteiger partial charge is 0.274 e. The van der Waals surface area contributed by atoms with Gasteiger partial charge in [0.25, 0.3) is 5.56 Å². The predicted octanol–water partition coefficient (Wildman–Crippen LogP) is 3.59. The average Bonchev–Trinajstić information content (AvgIpc) is 3.45. The molecule has 5 rings (SSSR count). The molecular weight excluding hydrogens is 372 g/mol. The highest BCUT2D eigenvalue weighted by molar-refractivity contribution is 8.00. The number of aryl methyl sites for hydroxylation is 1. The number of benzene rings is 1.